The van der Waals surface area contributed by atoms with Gasteiger partial charge in [0, 0.05) is 16.8 Å². The summed E-state index contributed by atoms with van der Waals surface area (Å²) in [6.07, 6.45) is 4.33. The lowest BCUT2D eigenvalue weighted by atomic mass is 9.96. The van der Waals surface area contributed by atoms with E-state index in [1.54, 1.807) is 7.11 Å². The predicted molar refractivity (Wildman–Crippen MR) is 78.5 cm³/mol. The second kappa shape index (κ2) is 5.46. The Morgan fingerprint density at radius 1 is 1.20 bits per heavy atom. The number of ether oxygens (including phenoxy) is 1. The molecular formula is C15H18N4O. The van der Waals surface area contributed by atoms with Crippen LogP contribution in [-0.4, -0.2) is 17.1 Å². The van der Waals surface area contributed by atoms with Crippen LogP contribution in [0.2, 0.25) is 0 Å². The SMILES string of the molecule is COc1cccc(-c2nc3c(c(NN)n2)CCCC3)c1. The molecule has 1 heterocycles. The Morgan fingerprint density at radius 2 is 2.05 bits per heavy atom. The van der Waals surface area contributed by atoms with Crippen molar-refractivity contribution in [2.24, 2.45) is 5.84 Å². The minimum Gasteiger partial charge on any atom is -0.497 e. The number of nitrogen functional groups attached to an aromatic ring is 1. The summed E-state index contributed by atoms with van der Waals surface area (Å²) in [6, 6.07) is 7.76. The summed E-state index contributed by atoms with van der Waals surface area (Å²) in [7, 11) is 1.65. The maximum Gasteiger partial charge on any atom is 0.161 e. The molecule has 1 aliphatic rings. The van der Waals surface area contributed by atoms with Crippen LogP contribution in [0.1, 0.15) is 24.1 Å². The fourth-order valence-corrected chi connectivity index (χ4v) is 2.60. The van der Waals surface area contributed by atoms with E-state index in [0.29, 0.717) is 5.82 Å². The van der Waals surface area contributed by atoms with Crippen molar-refractivity contribution in [2.45, 2.75) is 25.7 Å². The molecule has 0 amide bonds. The van der Waals surface area contributed by atoms with Crippen molar-refractivity contribution in [1.29, 1.82) is 0 Å². The Morgan fingerprint density at radius 3 is 2.85 bits per heavy atom. The van der Waals surface area contributed by atoms with Gasteiger partial charge in [-0.2, -0.15) is 0 Å². The van der Waals surface area contributed by atoms with Crippen LogP contribution in [-0.2, 0) is 12.8 Å². The quantitative estimate of drug-likeness (QED) is 0.661. The number of aromatic nitrogens is 2. The van der Waals surface area contributed by atoms with E-state index in [9.17, 15) is 0 Å². The first kappa shape index (κ1) is 12.9. The zero-order valence-electron chi connectivity index (χ0n) is 11.5. The average molecular weight is 270 g/mol. The highest BCUT2D eigenvalue weighted by atomic mass is 16.5. The number of benzene rings is 1. The number of hydrazine groups is 1. The Hall–Kier alpha value is -2.14. The van der Waals surface area contributed by atoms with Crippen LogP contribution in [0.25, 0.3) is 11.4 Å². The average Bonchev–Trinajstić information content (AvgIpc) is 2.53. The number of methoxy groups -OCH3 is 1. The third-order valence-electron chi connectivity index (χ3n) is 3.65. The summed E-state index contributed by atoms with van der Waals surface area (Å²) in [5, 5.41) is 0. The van der Waals surface area contributed by atoms with Gasteiger partial charge >= 0.3 is 0 Å². The maximum absolute atomic E-state index is 5.61. The molecule has 0 atom stereocenters. The summed E-state index contributed by atoms with van der Waals surface area (Å²) in [4.78, 5) is 9.25. The first-order chi connectivity index (χ1) is 9.81. The van der Waals surface area contributed by atoms with Crippen LogP contribution >= 0.6 is 0 Å². The highest BCUT2D eigenvalue weighted by Gasteiger charge is 2.18. The molecule has 5 heteroatoms. The molecule has 1 aromatic heterocycles. The summed E-state index contributed by atoms with van der Waals surface area (Å²) in [6.45, 7) is 0. The zero-order valence-corrected chi connectivity index (χ0v) is 11.5. The van der Waals surface area contributed by atoms with Gasteiger partial charge in [-0.3, -0.25) is 0 Å². The van der Waals surface area contributed by atoms with Gasteiger partial charge in [0.1, 0.15) is 11.6 Å². The summed E-state index contributed by atoms with van der Waals surface area (Å²) in [5.41, 5.74) is 5.92. The summed E-state index contributed by atoms with van der Waals surface area (Å²) < 4.78 is 5.25. The lowest BCUT2D eigenvalue weighted by Gasteiger charge is -2.18. The van der Waals surface area contributed by atoms with Gasteiger partial charge in [-0.05, 0) is 37.8 Å². The van der Waals surface area contributed by atoms with Crippen LogP contribution < -0.4 is 16.0 Å². The minimum atomic E-state index is 0.692. The summed E-state index contributed by atoms with van der Waals surface area (Å²) in [5.74, 6) is 7.84. The third-order valence-corrected chi connectivity index (χ3v) is 3.65. The van der Waals surface area contributed by atoms with Gasteiger partial charge in [-0.15, -0.1) is 0 Å². The van der Waals surface area contributed by atoms with E-state index in [-0.39, 0.29) is 0 Å². The van der Waals surface area contributed by atoms with E-state index in [2.05, 4.69) is 10.4 Å². The molecule has 0 aliphatic heterocycles. The van der Waals surface area contributed by atoms with Crippen LogP contribution in [0, 0.1) is 0 Å². The molecule has 1 aliphatic carbocycles. The van der Waals surface area contributed by atoms with Gasteiger partial charge in [0.15, 0.2) is 5.82 Å². The van der Waals surface area contributed by atoms with E-state index < -0.39 is 0 Å². The fourth-order valence-electron chi connectivity index (χ4n) is 2.60. The molecule has 3 rings (SSSR count). The molecule has 0 spiro atoms. The second-order valence-corrected chi connectivity index (χ2v) is 4.90. The molecule has 2 aromatic rings. The Labute approximate surface area is 118 Å². The van der Waals surface area contributed by atoms with E-state index in [1.165, 1.54) is 12.8 Å². The van der Waals surface area contributed by atoms with Gasteiger partial charge in [0.2, 0.25) is 0 Å². The van der Waals surface area contributed by atoms with E-state index in [4.69, 9.17) is 15.6 Å². The van der Waals surface area contributed by atoms with Crippen molar-refractivity contribution >= 4 is 5.82 Å². The second-order valence-electron chi connectivity index (χ2n) is 4.90. The van der Waals surface area contributed by atoms with Crippen molar-refractivity contribution < 1.29 is 4.74 Å². The smallest absolute Gasteiger partial charge is 0.161 e. The van der Waals surface area contributed by atoms with Crippen LogP contribution in [0.4, 0.5) is 5.82 Å². The molecule has 0 radical (unpaired) electrons. The number of hydrogen-bond acceptors (Lipinski definition) is 5. The van der Waals surface area contributed by atoms with Gasteiger partial charge in [-0.1, -0.05) is 12.1 Å². The molecule has 104 valence electrons. The molecule has 0 bridgehead atoms. The topological polar surface area (TPSA) is 73.1 Å². The zero-order chi connectivity index (χ0) is 13.9. The van der Waals surface area contributed by atoms with Gasteiger partial charge in [0.05, 0.1) is 7.11 Å². The minimum absolute atomic E-state index is 0.692. The van der Waals surface area contributed by atoms with E-state index in [1.807, 2.05) is 24.3 Å². The van der Waals surface area contributed by atoms with Crippen LogP contribution in [0.3, 0.4) is 0 Å². The number of fused-ring (bicyclic) bond motifs is 1. The van der Waals surface area contributed by atoms with Gasteiger partial charge in [0.25, 0.3) is 0 Å². The maximum atomic E-state index is 5.61. The molecule has 3 N–H and O–H groups in total. The number of rotatable bonds is 3. The van der Waals surface area contributed by atoms with Crippen LogP contribution in [0.15, 0.2) is 24.3 Å². The first-order valence-corrected chi connectivity index (χ1v) is 6.82. The Balaban J connectivity index is 2.09. The number of nitrogens with one attached hydrogen (secondary N) is 1. The Kier molecular flexibility index (Phi) is 3.52. The Bertz CT molecular complexity index is 610. The van der Waals surface area contributed by atoms with Crippen molar-refractivity contribution in [1.82, 2.24) is 9.97 Å². The molecule has 0 fully saturated rings. The molecule has 1 aromatic carbocycles. The normalized spacial score (nSPS) is 13.7. The lowest BCUT2D eigenvalue weighted by molar-refractivity contribution is 0.415. The third kappa shape index (κ3) is 2.32. The molecule has 0 saturated carbocycles. The van der Waals surface area contributed by atoms with Gasteiger partial charge < -0.3 is 10.2 Å². The van der Waals surface area contributed by atoms with Crippen molar-refractivity contribution in [3.8, 4) is 17.1 Å². The number of nitrogens with two attached hydrogens (primary N) is 1. The predicted octanol–water partition coefficient (Wildman–Crippen LogP) is 2.32. The van der Waals surface area contributed by atoms with Crippen molar-refractivity contribution in [3.05, 3.63) is 35.5 Å². The molecule has 5 nitrogen and oxygen atoms in total. The summed E-state index contributed by atoms with van der Waals surface area (Å²) >= 11 is 0. The number of aryl methyl sites for hydroxylation is 1. The largest absolute Gasteiger partial charge is 0.497 e. The first-order valence-electron chi connectivity index (χ1n) is 6.82. The number of anilines is 1. The molecule has 0 unspecified atom stereocenters. The molecular weight excluding hydrogens is 252 g/mol. The number of hydrogen-bond donors (Lipinski definition) is 2. The fraction of sp³-hybridized carbons (Fsp3) is 0.333. The van der Waals surface area contributed by atoms with Crippen molar-refractivity contribution in [3.63, 3.8) is 0 Å². The van der Waals surface area contributed by atoms with Crippen molar-refractivity contribution in [2.75, 3.05) is 12.5 Å². The molecule has 0 saturated heterocycles. The van der Waals surface area contributed by atoms with E-state index in [0.717, 1.165) is 41.2 Å². The standard InChI is InChI=1S/C15H18N4O/c1-20-11-6-4-5-10(9-11)14-17-13-8-3-2-7-12(13)15(18-14)19-16/h4-6,9H,2-3,7-8,16H2,1H3,(H,17,18,19). The molecule has 20 heavy (non-hydrogen) atoms. The van der Waals surface area contributed by atoms with Crippen LogP contribution in [0.5, 0.6) is 5.75 Å². The van der Waals surface area contributed by atoms with Gasteiger partial charge in [-0.25, -0.2) is 15.8 Å². The highest BCUT2D eigenvalue weighted by Crippen LogP contribution is 2.29. The number of nitrogens with zero attached hydrogens (tertiary/aromatic N) is 2. The van der Waals surface area contributed by atoms with E-state index >= 15 is 0 Å². The monoisotopic (exact) mass is 270 g/mol. The highest BCUT2D eigenvalue weighted by molar-refractivity contribution is 5.61. The lowest BCUT2D eigenvalue weighted by Crippen LogP contribution is -2.17.